The Balaban J connectivity index is 1.98. The van der Waals surface area contributed by atoms with Crippen LogP contribution in [0.4, 0.5) is 5.69 Å². The van der Waals surface area contributed by atoms with Crippen LogP contribution in [0.5, 0.6) is 0 Å². The van der Waals surface area contributed by atoms with E-state index in [9.17, 15) is 9.59 Å². The number of amides is 2. The molecule has 3 aromatic rings. The van der Waals surface area contributed by atoms with Crippen LogP contribution >= 0.6 is 11.6 Å². The minimum atomic E-state index is -0.742. The molecule has 0 saturated heterocycles. The first-order chi connectivity index (χ1) is 11.1. The first kappa shape index (κ1) is 15.1. The van der Waals surface area contributed by atoms with E-state index in [-0.39, 0.29) is 17.4 Å². The number of primary amides is 1. The standard InChI is InChI=1S/C17H13ClN2O3/c18-9-10-5-7-11(8-6-10)17(22)20-14-12-3-1-2-4-13(12)23-15(14)16(19)21/h1-8H,9H2,(H2,19,21)(H,20,22). The van der Waals surface area contributed by atoms with Crippen molar-refractivity contribution < 1.29 is 14.0 Å². The third-order valence-electron chi connectivity index (χ3n) is 3.43. The van der Waals surface area contributed by atoms with Crippen molar-refractivity contribution in [2.24, 2.45) is 5.73 Å². The number of para-hydroxylation sites is 1. The molecule has 0 aliphatic rings. The fourth-order valence-corrected chi connectivity index (χ4v) is 2.45. The lowest BCUT2D eigenvalue weighted by Gasteiger charge is -2.05. The Kier molecular flexibility index (Phi) is 4.04. The number of carbonyl (C=O) groups excluding carboxylic acids is 2. The Labute approximate surface area is 137 Å². The molecule has 23 heavy (non-hydrogen) atoms. The number of hydrogen-bond donors (Lipinski definition) is 2. The van der Waals surface area contributed by atoms with Crippen LogP contribution in [0.3, 0.4) is 0 Å². The second-order valence-electron chi connectivity index (χ2n) is 4.95. The SMILES string of the molecule is NC(=O)c1oc2ccccc2c1NC(=O)c1ccc(CCl)cc1. The average molecular weight is 329 g/mol. The van der Waals surface area contributed by atoms with Gasteiger partial charge in [-0.3, -0.25) is 9.59 Å². The molecular weight excluding hydrogens is 316 g/mol. The Hall–Kier alpha value is -2.79. The zero-order valence-corrected chi connectivity index (χ0v) is 12.8. The lowest BCUT2D eigenvalue weighted by atomic mass is 10.1. The molecule has 0 aliphatic carbocycles. The molecule has 1 aromatic heterocycles. The van der Waals surface area contributed by atoms with Crippen LogP contribution in [0, 0.1) is 0 Å². The third-order valence-corrected chi connectivity index (χ3v) is 3.74. The summed E-state index contributed by atoms with van der Waals surface area (Å²) in [6, 6.07) is 13.9. The first-order valence-corrected chi connectivity index (χ1v) is 7.41. The maximum Gasteiger partial charge on any atom is 0.286 e. The van der Waals surface area contributed by atoms with Crippen LogP contribution < -0.4 is 11.1 Å². The van der Waals surface area contributed by atoms with E-state index < -0.39 is 5.91 Å². The van der Waals surface area contributed by atoms with Gasteiger partial charge < -0.3 is 15.5 Å². The maximum absolute atomic E-state index is 12.4. The van der Waals surface area contributed by atoms with E-state index in [1.807, 2.05) is 0 Å². The highest BCUT2D eigenvalue weighted by molar-refractivity contribution is 6.17. The number of benzene rings is 2. The molecule has 5 nitrogen and oxygen atoms in total. The summed E-state index contributed by atoms with van der Waals surface area (Å²) in [5, 5.41) is 3.32. The number of fused-ring (bicyclic) bond motifs is 1. The van der Waals surface area contributed by atoms with Gasteiger partial charge in [-0.1, -0.05) is 24.3 Å². The second-order valence-corrected chi connectivity index (χ2v) is 5.22. The Morgan fingerprint density at radius 1 is 1.09 bits per heavy atom. The quantitative estimate of drug-likeness (QED) is 0.718. The molecule has 1 heterocycles. The van der Waals surface area contributed by atoms with Crippen LogP contribution in [-0.2, 0) is 5.88 Å². The topological polar surface area (TPSA) is 85.3 Å². The number of alkyl halides is 1. The van der Waals surface area contributed by atoms with Crippen molar-refractivity contribution in [3.8, 4) is 0 Å². The maximum atomic E-state index is 12.4. The molecule has 0 saturated carbocycles. The smallest absolute Gasteiger partial charge is 0.286 e. The minimum absolute atomic E-state index is 0.0723. The van der Waals surface area contributed by atoms with Crippen molar-refractivity contribution in [2.45, 2.75) is 5.88 Å². The monoisotopic (exact) mass is 328 g/mol. The number of carbonyl (C=O) groups is 2. The molecule has 0 radical (unpaired) electrons. The fraction of sp³-hybridized carbons (Fsp3) is 0.0588. The number of hydrogen-bond acceptors (Lipinski definition) is 3. The summed E-state index contributed by atoms with van der Waals surface area (Å²) >= 11 is 5.73. The van der Waals surface area contributed by atoms with E-state index in [2.05, 4.69) is 5.32 Å². The average Bonchev–Trinajstić information content (AvgIpc) is 2.94. The zero-order valence-electron chi connectivity index (χ0n) is 12.0. The number of nitrogens with one attached hydrogen (secondary N) is 1. The molecule has 2 amide bonds. The van der Waals surface area contributed by atoms with Gasteiger partial charge in [-0.25, -0.2) is 0 Å². The molecule has 116 valence electrons. The summed E-state index contributed by atoms with van der Waals surface area (Å²) in [7, 11) is 0. The van der Waals surface area contributed by atoms with E-state index in [1.165, 1.54) is 0 Å². The lowest BCUT2D eigenvalue weighted by Crippen LogP contribution is -2.17. The molecule has 0 spiro atoms. The zero-order chi connectivity index (χ0) is 16.4. The molecule has 2 aromatic carbocycles. The van der Waals surface area contributed by atoms with Crippen molar-refractivity contribution in [3.05, 3.63) is 65.4 Å². The van der Waals surface area contributed by atoms with Crippen molar-refractivity contribution in [1.82, 2.24) is 0 Å². The van der Waals surface area contributed by atoms with E-state index >= 15 is 0 Å². The molecule has 0 atom stereocenters. The highest BCUT2D eigenvalue weighted by Crippen LogP contribution is 2.30. The van der Waals surface area contributed by atoms with Crippen LogP contribution in [0.2, 0.25) is 0 Å². The summed E-state index contributed by atoms with van der Waals surface area (Å²) < 4.78 is 5.43. The van der Waals surface area contributed by atoms with Crippen LogP contribution in [0.1, 0.15) is 26.5 Å². The summed E-state index contributed by atoms with van der Waals surface area (Å²) in [6.07, 6.45) is 0. The number of anilines is 1. The molecule has 6 heteroatoms. The normalized spacial score (nSPS) is 10.7. The Bertz CT molecular complexity index is 884. The van der Waals surface area contributed by atoms with Gasteiger partial charge in [0.1, 0.15) is 11.3 Å². The van der Waals surface area contributed by atoms with Crippen molar-refractivity contribution in [3.63, 3.8) is 0 Å². The van der Waals surface area contributed by atoms with Gasteiger partial charge in [-0.05, 0) is 29.8 Å². The third kappa shape index (κ3) is 2.91. The van der Waals surface area contributed by atoms with Gasteiger partial charge in [0.2, 0.25) is 5.76 Å². The summed E-state index contributed by atoms with van der Waals surface area (Å²) in [4.78, 5) is 23.9. The largest absolute Gasteiger partial charge is 0.449 e. The summed E-state index contributed by atoms with van der Waals surface area (Å²) in [5.74, 6) is -0.800. The van der Waals surface area contributed by atoms with Gasteiger partial charge in [0.05, 0.1) is 0 Å². The fourth-order valence-electron chi connectivity index (χ4n) is 2.27. The van der Waals surface area contributed by atoms with Gasteiger partial charge in [-0.15, -0.1) is 11.6 Å². The highest BCUT2D eigenvalue weighted by atomic mass is 35.5. The van der Waals surface area contributed by atoms with Crippen molar-refractivity contribution >= 4 is 40.1 Å². The predicted molar refractivity (Wildman–Crippen MR) is 88.7 cm³/mol. The van der Waals surface area contributed by atoms with Gasteiger partial charge in [0.15, 0.2) is 0 Å². The summed E-state index contributed by atoms with van der Waals surface area (Å²) in [6.45, 7) is 0. The van der Waals surface area contributed by atoms with Crippen LogP contribution in [0.25, 0.3) is 11.0 Å². The Morgan fingerprint density at radius 3 is 2.43 bits per heavy atom. The number of rotatable bonds is 4. The first-order valence-electron chi connectivity index (χ1n) is 6.87. The number of furan rings is 1. The van der Waals surface area contributed by atoms with Crippen LogP contribution in [0.15, 0.2) is 52.9 Å². The molecule has 3 rings (SSSR count). The van der Waals surface area contributed by atoms with Gasteiger partial charge in [-0.2, -0.15) is 0 Å². The molecule has 0 fully saturated rings. The molecule has 0 unspecified atom stereocenters. The van der Waals surface area contributed by atoms with Gasteiger partial charge in [0.25, 0.3) is 11.8 Å². The molecular formula is C17H13ClN2O3. The summed E-state index contributed by atoms with van der Waals surface area (Å²) in [5.41, 5.74) is 7.45. The van der Waals surface area contributed by atoms with Gasteiger partial charge >= 0.3 is 0 Å². The van der Waals surface area contributed by atoms with E-state index in [0.29, 0.717) is 22.4 Å². The number of nitrogens with two attached hydrogens (primary N) is 1. The van der Waals surface area contributed by atoms with Crippen LogP contribution in [-0.4, -0.2) is 11.8 Å². The van der Waals surface area contributed by atoms with E-state index in [0.717, 1.165) is 5.56 Å². The predicted octanol–water partition coefficient (Wildman–Crippen LogP) is 3.52. The number of halogens is 1. The lowest BCUT2D eigenvalue weighted by molar-refractivity contribution is 0.0977. The van der Waals surface area contributed by atoms with E-state index in [1.54, 1.807) is 48.5 Å². The van der Waals surface area contributed by atoms with Gasteiger partial charge in [0, 0.05) is 16.8 Å². The second kappa shape index (κ2) is 6.14. The van der Waals surface area contributed by atoms with Crippen molar-refractivity contribution in [2.75, 3.05) is 5.32 Å². The highest BCUT2D eigenvalue weighted by Gasteiger charge is 2.20. The molecule has 0 aliphatic heterocycles. The minimum Gasteiger partial charge on any atom is -0.449 e. The Morgan fingerprint density at radius 2 is 1.78 bits per heavy atom. The molecule has 0 bridgehead atoms. The van der Waals surface area contributed by atoms with Crippen molar-refractivity contribution in [1.29, 1.82) is 0 Å². The van der Waals surface area contributed by atoms with E-state index in [4.69, 9.17) is 21.8 Å². The molecule has 3 N–H and O–H groups in total.